The predicted octanol–water partition coefficient (Wildman–Crippen LogP) is 7.50. The first-order valence-corrected chi connectivity index (χ1v) is 10.8. The van der Waals surface area contributed by atoms with Gasteiger partial charge in [-0.3, -0.25) is 0 Å². The van der Waals surface area contributed by atoms with E-state index in [1.807, 2.05) is 19.1 Å². The van der Waals surface area contributed by atoms with Crippen molar-refractivity contribution in [2.75, 3.05) is 6.61 Å². The fraction of sp³-hybridized carbons (Fsp3) is 0.423. The Balaban J connectivity index is 2.62. The first-order chi connectivity index (χ1) is 14.4. The molecule has 4 heteroatoms. The number of carbonyl (C=O) groups is 1. The molecule has 3 nitrogen and oxygen atoms in total. The van der Waals surface area contributed by atoms with Crippen molar-refractivity contribution in [3.8, 4) is 5.75 Å². The standard InChI is InChI=1S/C26H35FO3/c1-4-5-6-7-8-9-10-19-30-25-16-12-15-24(27)23(25)18-17-21(2)13-11-14-22(3)20-26(28)29/h11-18,20H,4-10,19H2,1-3H3,(H,28,29)/b14-11+,18-17+,21-13+,22-20+. The van der Waals surface area contributed by atoms with Crippen LogP contribution in [0.5, 0.6) is 5.75 Å². The summed E-state index contributed by atoms with van der Waals surface area (Å²) >= 11 is 0. The molecule has 0 saturated carbocycles. The predicted molar refractivity (Wildman–Crippen MR) is 123 cm³/mol. The van der Waals surface area contributed by atoms with Crippen LogP contribution in [0.15, 0.2) is 59.7 Å². The summed E-state index contributed by atoms with van der Waals surface area (Å²) in [5, 5.41) is 8.71. The highest BCUT2D eigenvalue weighted by atomic mass is 19.1. The van der Waals surface area contributed by atoms with Gasteiger partial charge in [-0.2, -0.15) is 0 Å². The third kappa shape index (κ3) is 11.4. The van der Waals surface area contributed by atoms with Crippen molar-refractivity contribution in [2.24, 2.45) is 0 Å². The maximum atomic E-state index is 14.3. The summed E-state index contributed by atoms with van der Waals surface area (Å²) in [6.07, 6.45) is 18.5. The third-order valence-corrected chi connectivity index (χ3v) is 4.60. The largest absolute Gasteiger partial charge is 0.493 e. The van der Waals surface area contributed by atoms with Crippen LogP contribution in [0.4, 0.5) is 4.39 Å². The van der Waals surface area contributed by atoms with Crippen molar-refractivity contribution in [3.05, 3.63) is 71.1 Å². The number of hydrogen-bond donors (Lipinski definition) is 1. The molecule has 1 aromatic carbocycles. The lowest BCUT2D eigenvalue weighted by atomic mass is 10.1. The second-order valence-corrected chi connectivity index (χ2v) is 7.45. The minimum atomic E-state index is -0.971. The van der Waals surface area contributed by atoms with Gasteiger partial charge in [0.15, 0.2) is 0 Å². The average molecular weight is 415 g/mol. The average Bonchev–Trinajstić information content (AvgIpc) is 2.68. The molecule has 0 saturated heterocycles. The Kier molecular flexibility index (Phi) is 12.9. The molecule has 1 rings (SSSR count). The molecule has 0 aliphatic carbocycles. The zero-order chi connectivity index (χ0) is 22.2. The molecule has 30 heavy (non-hydrogen) atoms. The molecule has 0 amide bonds. The van der Waals surface area contributed by atoms with Crippen molar-refractivity contribution in [2.45, 2.75) is 65.7 Å². The highest BCUT2D eigenvalue weighted by molar-refractivity contribution is 5.81. The number of ether oxygens (including phenoxy) is 1. The maximum absolute atomic E-state index is 14.3. The van der Waals surface area contributed by atoms with Crippen molar-refractivity contribution in [1.82, 2.24) is 0 Å². The topological polar surface area (TPSA) is 46.5 Å². The molecule has 1 aromatic rings. The number of benzene rings is 1. The van der Waals surface area contributed by atoms with E-state index in [1.165, 1.54) is 38.2 Å². The molecule has 0 aliphatic heterocycles. The Bertz CT molecular complexity index is 772. The fourth-order valence-corrected chi connectivity index (χ4v) is 2.91. The second kappa shape index (κ2) is 15.3. The summed E-state index contributed by atoms with van der Waals surface area (Å²) < 4.78 is 20.1. The Morgan fingerprint density at radius 1 is 1.03 bits per heavy atom. The number of hydrogen-bond acceptors (Lipinski definition) is 2. The van der Waals surface area contributed by atoms with E-state index in [0.717, 1.165) is 24.5 Å². The lowest BCUT2D eigenvalue weighted by Gasteiger charge is -2.10. The quantitative estimate of drug-likeness (QED) is 0.195. The molecule has 0 aliphatic rings. The summed E-state index contributed by atoms with van der Waals surface area (Å²) in [7, 11) is 0. The molecular formula is C26H35FO3. The Hall–Kier alpha value is -2.62. The van der Waals surface area contributed by atoms with Crippen LogP contribution >= 0.6 is 0 Å². The molecule has 0 atom stereocenters. The van der Waals surface area contributed by atoms with E-state index in [0.29, 0.717) is 23.5 Å². The molecule has 0 aromatic heterocycles. The van der Waals surface area contributed by atoms with Gasteiger partial charge in [0, 0.05) is 6.08 Å². The monoisotopic (exact) mass is 414 g/mol. The van der Waals surface area contributed by atoms with E-state index in [-0.39, 0.29) is 5.82 Å². The van der Waals surface area contributed by atoms with Crippen LogP contribution in [0.2, 0.25) is 0 Å². The van der Waals surface area contributed by atoms with Crippen LogP contribution in [0.1, 0.15) is 71.3 Å². The summed E-state index contributed by atoms with van der Waals surface area (Å²) in [5.74, 6) is -0.728. The van der Waals surface area contributed by atoms with Crippen LogP contribution in [0, 0.1) is 5.82 Å². The van der Waals surface area contributed by atoms with E-state index >= 15 is 0 Å². The lowest BCUT2D eigenvalue weighted by molar-refractivity contribution is -0.131. The number of unbranched alkanes of at least 4 members (excludes halogenated alkanes) is 6. The third-order valence-electron chi connectivity index (χ3n) is 4.60. The number of rotatable bonds is 14. The minimum absolute atomic E-state index is 0.313. The molecule has 0 heterocycles. The molecule has 0 radical (unpaired) electrons. The molecule has 164 valence electrons. The number of carboxylic acids is 1. The number of allylic oxidation sites excluding steroid dienone is 6. The SMILES string of the molecule is CCCCCCCCCOc1cccc(F)c1/C=C/C(C)=C/C=C/C(C)=C/C(=O)O. The van der Waals surface area contributed by atoms with Gasteiger partial charge >= 0.3 is 5.97 Å². The summed E-state index contributed by atoms with van der Waals surface area (Å²) in [6, 6.07) is 4.89. The van der Waals surface area contributed by atoms with Crippen molar-refractivity contribution < 1.29 is 19.0 Å². The Labute approximate surface area is 180 Å². The minimum Gasteiger partial charge on any atom is -0.493 e. The maximum Gasteiger partial charge on any atom is 0.328 e. The van der Waals surface area contributed by atoms with Gasteiger partial charge in [-0.15, -0.1) is 0 Å². The van der Waals surface area contributed by atoms with Gasteiger partial charge in [-0.25, -0.2) is 9.18 Å². The van der Waals surface area contributed by atoms with Crippen molar-refractivity contribution >= 4 is 12.0 Å². The van der Waals surface area contributed by atoms with Crippen molar-refractivity contribution in [1.29, 1.82) is 0 Å². The summed E-state index contributed by atoms with van der Waals surface area (Å²) in [4.78, 5) is 10.6. The van der Waals surface area contributed by atoms with Gasteiger partial charge in [-0.1, -0.05) is 81.4 Å². The second-order valence-electron chi connectivity index (χ2n) is 7.45. The zero-order valence-electron chi connectivity index (χ0n) is 18.5. The normalized spacial score (nSPS) is 12.8. The van der Waals surface area contributed by atoms with E-state index < -0.39 is 5.97 Å². The summed E-state index contributed by atoms with van der Waals surface area (Å²) in [5.41, 5.74) is 2.00. The van der Waals surface area contributed by atoms with Gasteiger partial charge in [0.05, 0.1) is 12.2 Å². The van der Waals surface area contributed by atoms with Gasteiger partial charge in [0.25, 0.3) is 0 Å². The van der Waals surface area contributed by atoms with Crippen LogP contribution in [-0.4, -0.2) is 17.7 Å². The Morgan fingerprint density at radius 2 is 1.73 bits per heavy atom. The van der Waals surface area contributed by atoms with E-state index in [1.54, 1.807) is 37.3 Å². The first kappa shape index (κ1) is 25.4. The van der Waals surface area contributed by atoms with Crippen LogP contribution in [0.25, 0.3) is 6.08 Å². The molecule has 0 fully saturated rings. The molecule has 1 N–H and O–H groups in total. The number of halogens is 1. The Morgan fingerprint density at radius 3 is 2.43 bits per heavy atom. The van der Waals surface area contributed by atoms with Crippen molar-refractivity contribution in [3.63, 3.8) is 0 Å². The fourth-order valence-electron chi connectivity index (χ4n) is 2.91. The highest BCUT2D eigenvalue weighted by Gasteiger charge is 2.06. The van der Waals surface area contributed by atoms with E-state index in [4.69, 9.17) is 9.84 Å². The van der Waals surface area contributed by atoms with E-state index in [2.05, 4.69) is 6.92 Å². The highest BCUT2D eigenvalue weighted by Crippen LogP contribution is 2.24. The number of carboxylic acid groups (broad SMARTS) is 1. The first-order valence-electron chi connectivity index (χ1n) is 10.8. The molecular weight excluding hydrogens is 379 g/mol. The smallest absolute Gasteiger partial charge is 0.328 e. The van der Waals surface area contributed by atoms with Crippen LogP contribution in [0.3, 0.4) is 0 Å². The van der Waals surface area contributed by atoms with Gasteiger partial charge < -0.3 is 9.84 Å². The lowest BCUT2D eigenvalue weighted by Crippen LogP contribution is -2.00. The van der Waals surface area contributed by atoms with Crippen LogP contribution in [-0.2, 0) is 4.79 Å². The zero-order valence-corrected chi connectivity index (χ0v) is 18.5. The van der Waals surface area contributed by atoms with Gasteiger partial charge in [-0.05, 0) is 44.1 Å². The van der Waals surface area contributed by atoms with Gasteiger partial charge in [0.2, 0.25) is 0 Å². The number of aliphatic carboxylic acids is 1. The molecule has 0 spiro atoms. The summed E-state index contributed by atoms with van der Waals surface area (Å²) in [6.45, 7) is 6.42. The van der Waals surface area contributed by atoms with Gasteiger partial charge in [0.1, 0.15) is 11.6 Å². The molecule has 0 bridgehead atoms. The van der Waals surface area contributed by atoms with Crippen LogP contribution < -0.4 is 4.74 Å². The van der Waals surface area contributed by atoms with E-state index in [9.17, 15) is 9.18 Å². The molecule has 0 unspecified atom stereocenters.